The molecule has 3 unspecified atom stereocenters. The number of halogens is 1. The molecule has 6 nitrogen and oxygen atoms in total. The smallest absolute Gasteiger partial charge is 0.225 e. The first-order chi connectivity index (χ1) is 13.6. The molecule has 3 aliphatic rings. The lowest BCUT2D eigenvalue weighted by molar-refractivity contribution is -0.134. The maximum atomic E-state index is 12.7. The summed E-state index contributed by atoms with van der Waals surface area (Å²) in [4.78, 5) is 22.2. The molecule has 1 aliphatic carbocycles. The van der Waals surface area contributed by atoms with Crippen LogP contribution in [0, 0.1) is 11.8 Å². The molecule has 0 aromatic rings. The molecular formula is C22H42IN5O. The van der Waals surface area contributed by atoms with Crippen molar-refractivity contribution < 1.29 is 4.79 Å². The molecule has 0 radical (unpaired) electrons. The number of hydrogen-bond donors (Lipinski definition) is 2. The number of hydrogen-bond acceptors (Lipinski definition) is 3. The molecule has 2 heterocycles. The third kappa shape index (κ3) is 7.26. The van der Waals surface area contributed by atoms with Gasteiger partial charge in [0.15, 0.2) is 5.96 Å². The Labute approximate surface area is 194 Å². The van der Waals surface area contributed by atoms with Crippen molar-refractivity contribution in [1.82, 2.24) is 20.4 Å². The van der Waals surface area contributed by atoms with Crippen LogP contribution in [0.4, 0.5) is 0 Å². The zero-order valence-electron chi connectivity index (χ0n) is 18.7. The van der Waals surface area contributed by atoms with Crippen LogP contribution < -0.4 is 10.6 Å². The Kier molecular flexibility index (Phi) is 10.5. The van der Waals surface area contributed by atoms with Crippen LogP contribution in [0.3, 0.4) is 0 Å². The van der Waals surface area contributed by atoms with Gasteiger partial charge < -0.3 is 15.5 Å². The highest BCUT2D eigenvalue weighted by Gasteiger charge is 2.32. The van der Waals surface area contributed by atoms with Crippen molar-refractivity contribution >= 4 is 35.8 Å². The molecule has 168 valence electrons. The molecule has 0 aromatic heterocycles. The summed E-state index contributed by atoms with van der Waals surface area (Å²) < 4.78 is 0. The van der Waals surface area contributed by atoms with E-state index in [0.29, 0.717) is 18.0 Å². The van der Waals surface area contributed by atoms with Crippen LogP contribution in [0.1, 0.15) is 65.7 Å². The van der Waals surface area contributed by atoms with E-state index in [1.165, 1.54) is 38.8 Å². The van der Waals surface area contributed by atoms with Crippen LogP contribution in [-0.4, -0.2) is 73.0 Å². The Morgan fingerprint density at radius 1 is 1.10 bits per heavy atom. The summed E-state index contributed by atoms with van der Waals surface area (Å²) >= 11 is 0. The first-order valence-corrected chi connectivity index (χ1v) is 11.6. The fourth-order valence-corrected chi connectivity index (χ4v) is 4.99. The number of piperidine rings is 1. The average Bonchev–Trinajstić information content (AvgIpc) is 3.38. The van der Waals surface area contributed by atoms with Gasteiger partial charge in [0.2, 0.25) is 5.91 Å². The minimum absolute atomic E-state index is 0. The van der Waals surface area contributed by atoms with Crippen molar-refractivity contribution in [3.05, 3.63) is 0 Å². The number of nitrogens with one attached hydrogen (secondary N) is 2. The van der Waals surface area contributed by atoms with Gasteiger partial charge in [0.05, 0.1) is 6.54 Å². The van der Waals surface area contributed by atoms with Gasteiger partial charge in [-0.3, -0.25) is 14.7 Å². The fourth-order valence-electron chi connectivity index (χ4n) is 4.99. The summed E-state index contributed by atoms with van der Waals surface area (Å²) in [5.41, 5.74) is 0. The van der Waals surface area contributed by atoms with Crippen LogP contribution in [0.15, 0.2) is 4.99 Å². The van der Waals surface area contributed by atoms with E-state index in [4.69, 9.17) is 4.99 Å². The molecule has 2 N–H and O–H groups in total. The summed E-state index contributed by atoms with van der Waals surface area (Å²) in [6, 6.07) is 0.788. The number of nitrogens with zero attached hydrogens (tertiary/aromatic N) is 3. The van der Waals surface area contributed by atoms with Crippen LogP contribution in [0.5, 0.6) is 0 Å². The topological polar surface area (TPSA) is 60.0 Å². The van der Waals surface area contributed by atoms with E-state index >= 15 is 0 Å². The summed E-state index contributed by atoms with van der Waals surface area (Å²) in [5, 5.41) is 6.98. The standard InChI is InChI=1S/C22H41N5O.HI/c1-4-23-22(24-14-18(3)26-12-7-8-17(2)15-26)25-20-11-13-27(16-20)21(28)19-9-5-6-10-19;/h17-20H,4-16H2,1-3H3,(H2,23,24,25);1H. The van der Waals surface area contributed by atoms with E-state index in [1.807, 2.05) is 0 Å². The molecule has 7 heteroatoms. The summed E-state index contributed by atoms with van der Waals surface area (Å²) in [7, 11) is 0. The predicted molar refractivity (Wildman–Crippen MR) is 131 cm³/mol. The number of carbonyl (C=O) groups excluding carboxylic acids is 1. The van der Waals surface area contributed by atoms with E-state index in [2.05, 4.69) is 41.2 Å². The molecule has 0 bridgehead atoms. The Balaban J connectivity index is 0.00000300. The second-order valence-electron chi connectivity index (χ2n) is 9.21. The molecule has 3 fully saturated rings. The molecule has 29 heavy (non-hydrogen) atoms. The number of aliphatic imine (C=N–C) groups is 1. The maximum Gasteiger partial charge on any atom is 0.225 e. The molecule has 0 spiro atoms. The Bertz CT molecular complexity index is 537. The lowest BCUT2D eigenvalue weighted by Gasteiger charge is -2.35. The molecule has 3 atom stereocenters. The van der Waals surface area contributed by atoms with E-state index in [1.54, 1.807) is 0 Å². The van der Waals surface area contributed by atoms with Crippen LogP contribution in [0.2, 0.25) is 0 Å². The number of guanidine groups is 1. The zero-order valence-corrected chi connectivity index (χ0v) is 21.0. The van der Waals surface area contributed by atoms with Gasteiger partial charge in [0.1, 0.15) is 0 Å². The van der Waals surface area contributed by atoms with E-state index in [0.717, 1.165) is 57.3 Å². The minimum Gasteiger partial charge on any atom is -0.357 e. The highest BCUT2D eigenvalue weighted by atomic mass is 127. The number of likely N-dealkylation sites (tertiary alicyclic amines) is 2. The van der Waals surface area contributed by atoms with Crippen molar-refractivity contribution in [1.29, 1.82) is 0 Å². The Morgan fingerprint density at radius 3 is 2.55 bits per heavy atom. The molecule has 1 saturated carbocycles. The predicted octanol–water partition coefficient (Wildman–Crippen LogP) is 3.07. The second kappa shape index (κ2) is 12.3. The van der Waals surface area contributed by atoms with Gasteiger partial charge in [-0.15, -0.1) is 24.0 Å². The lowest BCUT2D eigenvalue weighted by atomic mass is 9.99. The van der Waals surface area contributed by atoms with Crippen molar-refractivity contribution in [2.75, 3.05) is 39.3 Å². The second-order valence-corrected chi connectivity index (χ2v) is 9.21. The average molecular weight is 520 g/mol. The van der Waals surface area contributed by atoms with Gasteiger partial charge in [-0.1, -0.05) is 19.8 Å². The number of amides is 1. The van der Waals surface area contributed by atoms with Gasteiger partial charge in [-0.05, 0) is 58.4 Å². The summed E-state index contributed by atoms with van der Waals surface area (Å²) in [6.07, 6.45) is 8.29. The van der Waals surface area contributed by atoms with Crippen LogP contribution in [-0.2, 0) is 4.79 Å². The van der Waals surface area contributed by atoms with E-state index < -0.39 is 0 Å². The summed E-state index contributed by atoms with van der Waals surface area (Å²) in [6.45, 7) is 12.5. The third-order valence-corrected chi connectivity index (χ3v) is 6.71. The van der Waals surface area contributed by atoms with Gasteiger partial charge >= 0.3 is 0 Å². The van der Waals surface area contributed by atoms with Crippen LogP contribution in [0.25, 0.3) is 0 Å². The molecule has 2 saturated heterocycles. The van der Waals surface area contributed by atoms with E-state index in [9.17, 15) is 4.79 Å². The van der Waals surface area contributed by atoms with Crippen molar-refractivity contribution in [3.63, 3.8) is 0 Å². The number of rotatable bonds is 6. The highest BCUT2D eigenvalue weighted by Crippen LogP contribution is 2.27. The zero-order chi connectivity index (χ0) is 19.9. The summed E-state index contributed by atoms with van der Waals surface area (Å²) in [5.74, 6) is 2.37. The highest BCUT2D eigenvalue weighted by molar-refractivity contribution is 14.0. The van der Waals surface area contributed by atoms with Gasteiger partial charge in [-0.2, -0.15) is 0 Å². The molecule has 3 rings (SSSR count). The molecular weight excluding hydrogens is 477 g/mol. The van der Waals surface area contributed by atoms with Gasteiger partial charge in [-0.25, -0.2) is 0 Å². The van der Waals surface area contributed by atoms with Gasteiger partial charge in [0.25, 0.3) is 0 Å². The lowest BCUT2D eigenvalue weighted by Crippen LogP contribution is -2.46. The van der Waals surface area contributed by atoms with E-state index in [-0.39, 0.29) is 29.9 Å². The molecule has 0 aromatic carbocycles. The Hall–Kier alpha value is -0.570. The SMILES string of the molecule is CCNC(=NCC(C)N1CCCC(C)C1)NC1CCN(C(=O)C2CCCC2)C1.I. The normalized spacial score (nSPS) is 27.6. The first kappa shape index (κ1) is 24.7. The van der Waals surface area contributed by atoms with Gasteiger partial charge in [0, 0.05) is 44.2 Å². The van der Waals surface area contributed by atoms with Crippen molar-refractivity contribution in [3.8, 4) is 0 Å². The van der Waals surface area contributed by atoms with Crippen LogP contribution >= 0.6 is 24.0 Å². The monoisotopic (exact) mass is 519 g/mol. The molecule has 1 amide bonds. The largest absolute Gasteiger partial charge is 0.357 e. The first-order valence-electron chi connectivity index (χ1n) is 11.6. The Morgan fingerprint density at radius 2 is 1.86 bits per heavy atom. The maximum absolute atomic E-state index is 12.7. The van der Waals surface area contributed by atoms with Crippen molar-refractivity contribution in [2.24, 2.45) is 16.8 Å². The quantitative estimate of drug-likeness (QED) is 0.322. The van der Waals surface area contributed by atoms with Crippen molar-refractivity contribution in [2.45, 2.75) is 77.8 Å². The minimum atomic E-state index is 0. The third-order valence-electron chi connectivity index (χ3n) is 6.71. The fraction of sp³-hybridized carbons (Fsp3) is 0.909. The molecule has 2 aliphatic heterocycles. The number of carbonyl (C=O) groups is 1.